The Bertz CT molecular complexity index is 514. The smallest absolute Gasteiger partial charge is 0.147 e. The van der Waals surface area contributed by atoms with Crippen LogP contribution in [0.1, 0.15) is 30.3 Å². The zero-order chi connectivity index (χ0) is 12.4. The van der Waals surface area contributed by atoms with E-state index in [4.69, 9.17) is 0 Å². The van der Waals surface area contributed by atoms with Gasteiger partial charge < -0.3 is 5.32 Å². The van der Waals surface area contributed by atoms with Crippen LogP contribution < -0.4 is 5.32 Å². The number of hydrogen-bond acceptors (Lipinski definition) is 4. The second-order valence-electron chi connectivity index (χ2n) is 4.71. The van der Waals surface area contributed by atoms with Gasteiger partial charge in [-0.05, 0) is 24.8 Å². The molecule has 1 saturated carbocycles. The van der Waals surface area contributed by atoms with Crippen molar-refractivity contribution in [1.82, 2.24) is 15.5 Å². The lowest BCUT2D eigenvalue weighted by atomic mass is 10.1. The Balaban J connectivity index is 1.70. The molecule has 94 valence electrons. The van der Waals surface area contributed by atoms with Crippen LogP contribution in [0.4, 0.5) is 0 Å². The molecule has 0 radical (unpaired) electrons. The molecule has 1 aromatic heterocycles. The molecule has 0 spiro atoms. The first-order chi connectivity index (χ1) is 8.85. The second-order valence-corrected chi connectivity index (χ2v) is 5.77. The number of nitrogens with one attached hydrogen (secondary N) is 1. The van der Waals surface area contributed by atoms with E-state index in [0.717, 1.165) is 29.0 Å². The summed E-state index contributed by atoms with van der Waals surface area (Å²) in [6, 6.07) is 9.33. The Kier molecular flexibility index (Phi) is 3.39. The monoisotopic (exact) mass is 259 g/mol. The fraction of sp³-hybridized carbons (Fsp3) is 0.429. The van der Waals surface area contributed by atoms with Crippen molar-refractivity contribution in [3.63, 3.8) is 0 Å². The highest BCUT2D eigenvalue weighted by atomic mass is 32.1. The van der Waals surface area contributed by atoms with Gasteiger partial charge in [0.25, 0.3) is 0 Å². The van der Waals surface area contributed by atoms with Crippen molar-refractivity contribution in [2.24, 2.45) is 0 Å². The lowest BCUT2D eigenvalue weighted by Crippen LogP contribution is -2.14. The predicted molar refractivity (Wildman–Crippen MR) is 74.6 cm³/mol. The number of nitrogens with zero attached hydrogens (tertiary/aromatic N) is 2. The van der Waals surface area contributed by atoms with Crippen molar-refractivity contribution in [2.75, 3.05) is 0 Å². The van der Waals surface area contributed by atoms with E-state index >= 15 is 0 Å². The zero-order valence-electron chi connectivity index (χ0n) is 10.5. The van der Waals surface area contributed by atoms with Crippen molar-refractivity contribution < 1.29 is 0 Å². The van der Waals surface area contributed by atoms with E-state index in [0.29, 0.717) is 0 Å². The first-order valence-corrected chi connectivity index (χ1v) is 7.32. The third-order valence-electron chi connectivity index (χ3n) is 3.20. The maximum Gasteiger partial charge on any atom is 0.147 e. The van der Waals surface area contributed by atoms with Gasteiger partial charge in [-0.25, -0.2) is 0 Å². The minimum Gasteiger partial charge on any atom is -0.308 e. The molecule has 18 heavy (non-hydrogen) atoms. The average molecular weight is 259 g/mol. The molecule has 2 aromatic rings. The van der Waals surface area contributed by atoms with Crippen molar-refractivity contribution in [2.45, 2.75) is 38.8 Å². The van der Waals surface area contributed by atoms with Gasteiger partial charge in [0, 0.05) is 18.2 Å². The van der Waals surface area contributed by atoms with Gasteiger partial charge in [0.15, 0.2) is 0 Å². The maximum atomic E-state index is 4.27. The van der Waals surface area contributed by atoms with E-state index in [2.05, 4.69) is 46.7 Å². The summed E-state index contributed by atoms with van der Waals surface area (Å²) in [6.07, 6.45) is 3.70. The van der Waals surface area contributed by atoms with Gasteiger partial charge in [0.2, 0.25) is 0 Å². The lowest BCUT2D eigenvalue weighted by molar-refractivity contribution is 0.679. The molecule has 3 rings (SSSR count). The van der Waals surface area contributed by atoms with Crippen molar-refractivity contribution >= 4 is 11.3 Å². The van der Waals surface area contributed by atoms with E-state index < -0.39 is 0 Å². The molecule has 1 fully saturated rings. The quantitative estimate of drug-likeness (QED) is 0.897. The summed E-state index contributed by atoms with van der Waals surface area (Å²) in [5, 5.41) is 14.1. The van der Waals surface area contributed by atoms with Crippen LogP contribution in [-0.2, 0) is 13.0 Å². The molecule has 0 unspecified atom stereocenters. The van der Waals surface area contributed by atoms with Gasteiger partial charge in [0.1, 0.15) is 10.0 Å². The molecule has 1 aromatic carbocycles. The molecule has 1 aliphatic rings. The molecule has 0 saturated heterocycles. The number of aryl methyl sites for hydroxylation is 1. The molecule has 1 N–H and O–H groups in total. The third-order valence-corrected chi connectivity index (χ3v) is 4.17. The van der Waals surface area contributed by atoms with Gasteiger partial charge in [-0.2, -0.15) is 0 Å². The van der Waals surface area contributed by atoms with Crippen LogP contribution in [0.3, 0.4) is 0 Å². The summed E-state index contributed by atoms with van der Waals surface area (Å²) in [5.74, 6) is 0. The van der Waals surface area contributed by atoms with Gasteiger partial charge in [-0.15, -0.1) is 10.2 Å². The summed E-state index contributed by atoms with van der Waals surface area (Å²) >= 11 is 1.68. The predicted octanol–water partition coefficient (Wildman–Crippen LogP) is 3.02. The topological polar surface area (TPSA) is 37.8 Å². The summed E-state index contributed by atoms with van der Waals surface area (Å²) in [6.45, 7) is 3.02. The van der Waals surface area contributed by atoms with Gasteiger partial charge >= 0.3 is 0 Å². The Labute approximate surface area is 111 Å². The van der Waals surface area contributed by atoms with Crippen molar-refractivity contribution in [3.05, 3.63) is 34.8 Å². The molecule has 1 aliphatic carbocycles. The standard InChI is InChI=1S/C14H17N3S/c1-2-10-3-5-11(6-4-10)14-17-16-13(18-14)9-15-12-7-8-12/h3-6,12,15H,2,7-9H2,1H3. The number of benzene rings is 1. The van der Waals surface area contributed by atoms with Gasteiger partial charge in [-0.1, -0.05) is 42.5 Å². The largest absolute Gasteiger partial charge is 0.308 e. The molecular formula is C14H17N3S. The van der Waals surface area contributed by atoms with Crippen molar-refractivity contribution in [3.8, 4) is 10.6 Å². The lowest BCUT2D eigenvalue weighted by Gasteiger charge is -1.98. The normalized spacial score (nSPS) is 14.9. The Morgan fingerprint density at radius 2 is 2.00 bits per heavy atom. The van der Waals surface area contributed by atoms with Crippen LogP contribution >= 0.6 is 11.3 Å². The first kappa shape index (κ1) is 11.8. The SMILES string of the molecule is CCc1ccc(-c2nnc(CNC3CC3)s2)cc1. The number of aromatic nitrogens is 2. The maximum absolute atomic E-state index is 4.27. The Hall–Kier alpha value is -1.26. The van der Waals surface area contributed by atoms with Crippen LogP contribution in [0.15, 0.2) is 24.3 Å². The van der Waals surface area contributed by atoms with Gasteiger partial charge in [-0.3, -0.25) is 0 Å². The van der Waals surface area contributed by atoms with E-state index in [1.54, 1.807) is 11.3 Å². The Morgan fingerprint density at radius 1 is 1.22 bits per heavy atom. The Morgan fingerprint density at radius 3 is 2.67 bits per heavy atom. The van der Waals surface area contributed by atoms with E-state index in [-0.39, 0.29) is 0 Å². The highest BCUT2D eigenvalue weighted by Crippen LogP contribution is 2.25. The van der Waals surface area contributed by atoms with E-state index in [9.17, 15) is 0 Å². The van der Waals surface area contributed by atoms with Crippen LogP contribution in [0.5, 0.6) is 0 Å². The summed E-state index contributed by atoms with van der Waals surface area (Å²) < 4.78 is 0. The van der Waals surface area contributed by atoms with E-state index in [1.807, 2.05) is 0 Å². The minimum absolute atomic E-state index is 0.723. The molecular weight excluding hydrogens is 242 g/mol. The van der Waals surface area contributed by atoms with E-state index in [1.165, 1.54) is 24.0 Å². The van der Waals surface area contributed by atoms with Gasteiger partial charge in [0.05, 0.1) is 0 Å². The molecule has 0 amide bonds. The minimum atomic E-state index is 0.723. The fourth-order valence-electron chi connectivity index (χ4n) is 1.84. The highest BCUT2D eigenvalue weighted by molar-refractivity contribution is 7.14. The molecule has 4 heteroatoms. The summed E-state index contributed by atoms with van der Waals surface area (Å²) in [7, 11) is 0. The number of hydrogen-bond donors (Lipinski definition) is 1. The highest BCUT2D eigenvalue weighted by Gasteiger charge is 2.20. The molecule has 0 atom stereocenters. The first-order valence-electron chi connectivity index (χ1n) is 6.50. The molecule has 1 heterocycles. The summed E-state index contributed by atoms with van der Waals surface area (Å²) in [4.78, 5) is 0. The molecule has 0 bridgehead atoms. The molecule has 0 aliphatic heterocycles. The third kappa shape index (κ3) is 2.76. The van der Waals surface area contributed by atoms with Crippen LogP contribution in [0.25, 0.3) is 10.6 Å². The van der Waals surface area contributed by atoms with Crippen LogP contribution in [-0.4, -0.2) is 16.2 Å². The van der Waals surface area contributed by atoms with Crippen LogP contribution in [0.2, 0.25) is 0 Å². The summed E-state index contributed by atoms with van der Waals surface area (Å²) in [5.41, 5.74) is 2.53. The second kappa shape index (κ2) is 5.16. The van der Waals surface area contributed by atoms with Crippen LogP contribution in [0, 0.1) is 0 Å². The van der Waals surface area contributed by atoms with Crippen molar-refractivity contribution in [1.29, 1.82) is 0 Å². The average Bonchev–Trinajstić information content (AvgIpc) is 3.14. The zero-order valence-corrected chi connectivity index (χ0v) is 11.3. The molecule has 3 nitrogen and oxygen atoms in total. The number of rotatable bonds is 5. The fourth-order valence-corrected chi connectivity index (χ4v) is 2.64.